The Hall–Kier alpha value is -2.44. The van der Waals surface area contributed by atoms with Gasteiger partial charge in [0.15, 0.2) is 11.6 Å². The van der Waals surface area contributed by atoms with Gasteiger partial charge in [-0.25, -0.2) is 13.6 Å². The van der Waals surface area contributed by atoms with E-state index < -0.39 is 29.6 Å². The van der Waals surface area contributed by atoms with E-state index in [0.29, 0.717) is 12.5 Å². The van der Waals surface area contributed by atoms with Gasteiger partial charge < -0.3 is 14.4 Å². The predicted molar refractivity (Wildman–Crippen MR) is 82.0 cm³/mol. The van der Waals surface area contributed by atoms with E-state index in [1.165, 1.54) is 18.1 Å². The molecule has 5 nitrogen and oxygen atoms in total. The summed E-state index contributed by atoms with van der Waals surface area (Å²) in [6.45, 7) is 3.87. The van der Waals surface area contributed by atoms with Crippen molar-refractivity contribution in [1.82, 2.24) is 4.90 Å². The first-order valence-electron chi connectivity index (χ1n) is 7.53. The van der Waals surface area contributed by atoms with Gasteiger partial charge in [-0.05, 0) is 24.5 Å². The van der Waals surface area contributed by atoms with Crippen LogP contribution in [0.25, 0.3) is 0 Å². The highest BCUT2D eigenvalue weighted by molar-refractivity contribution is 5.94. The average Bonchev–Trinajstić information content (AvgIpc) is 2.87. The van der Waals surface area contributed by atoms with Gasteiger partial charge in [-0.1, -0.05) is 13.8 Å². The lowest BCUT2D eigenvalue weighted by Crippen LogP contribution is -2.44. The van der Waals surface area contributed by atoms with Crippen LogP contribution >= 0.6 is 0 Å². The molecule has 130 valence electrons. The van der Waals surface area contributed by atoms with Crippen molar-refractivity contribution in [1.29, 1.82) is 0 Å². The molecule has 2 rings (SSSR count). The summed E-state index contributed by atoms with van der Waals surface area (Å²) in [4.78, 5) is 25.4. The van der Waals surface area contributed by atoms with Gasteiger partial charge in [0.2, 0.25) is 0 Å². The molecule has 0 unspecified atom stereocenters. The molecule has 0 aromatic heterocycles. The molecule has 24 heavy (non-hydrogen) atoms. The number of hydrogen-bond acceptors (Lipinski definition) is 4. The maximum atomic E-state index is 13.6. The molecule has 0 N–H and O–H groups in total. The third-order valence-corrected chi connectivity index (χ3v) is 3.57. The molecule has 0 aliphatic carbocycles. The van der Waals surface area contributed by atoms with Crippen LogP contribution in [0.4, 0.5) is 8.78 Å². The van der Waals surface area contributed by atoms with E-state index in [0.717, 1.165) is 12.1 Å². The topological polar surface area (TPSA) is 55.8 Å². The normalized spacial score (nSPS) is 15.5. The number of nitrogens with zero attached hydrogens (tertiary/aromatic N) is 1. The molecule has 1 aromatic rings. The van der Waals surface area contributed by atoms with Crippen LogP contribution in [0.5, 0.6) is 5.75 Å². The lowest BCUT2D eigenvalue weighted by molar-refractivity contribution is -0.151. The second kappa shape index (κ2) is 7.42. The summed E-state index contributed by atoms with van der Waals surface area (Å²) >= 11 is 0. The first-order chi connectivity index (χ1) is 11.3. The van der Waals surface area contributed by atoms with Crippen molar-refractivity contribution in [3.8, 4) is 5.75 Å². The summed E-state index contributed by atoms with van der Waals surface area (Å²) in [5.41, 5.74) is 0. The standard InChI is InChI=1S/C17H19F2NO4/c1-10(2)6-14(17(22)23-3)20-9-12(8-16(20)21)24-15-5-4-11(18)7-13(15)19/h4-5,7-8,10,14H,6,9H2,1-3H3/t14-/m0/s1. The molecule has 1 atom stereocenters. The highest BCUT2D eigenvalue weighted by Crippen LogP contribution is 2.25. The molecular weight excluding hydrogens is 320 g/mol. The first kappa shape index (κ1) is 17.9. The molecule has 1 aromatic carbocycles. The van der Waals surface area contributed by atoms with Crippen molar-refractivity contribution in [2.45, 2.75) is 26.3 Å². The van der Waals surface area contributed by atoms with Crippen molar-refractivity contribution in [3.05, 3.63) is 41.7 Å². The van der Waals surface area contributed by atoms with Crippen LogP contribution < -0.4 is 4.74 Å². The number of esters is 1. The van der Waals surface area contributed by atoms with Crippen molar-refractivity contribution in [3.63, 3.8) is 0 Å². The number of carbonyl (C=O) groups excluding carboxylic acids is 2. The number of methoxy groups -OCH3 is 1. The molecule has 0 bridgehead atoms. The van der Waals surface area contributed by atoms with E-state index in [2.05, 4.69) is 0 Å². The van der Waals surface area contributed by atoms with Gasteiger partial charge in [-0.15, -0.1) is 0 Å². The Bertz CT molecular complexity index is 673. The Morgan fingerprint density at radius 1 is 1.33 bits per heavy atom. The molecular formula is C17H19F2NO4. The zero-order valence-corrected chi connectivity index (χ0v) is 13.7. The third kappa shape index (κ3) is 4.10. The highest BCUT2D eigenvalue weighted by atomic mass is 19.1. The molecule has 0 radical (unpaired) electrons. The molecule has 1 aliphatic rings. The zero-order chi connectivity index (χ0) is 17.9. The van der Waals surface area contributed by atoms with Crippen LogP contribution in [0.15, 0.2) is 30.0 Å². The molecule has 7 heteroatoms. The fraction of sp³-hybridized carbons (Fsp3) is 0.412. The van der Waals surface area contributed by atoms with E-state index in [9.17, 15) is 18.4 Å². The van der Waals surface area contributed by atoms with E-state index in [-0.39, 0.29) is 24.0 Å². The van der Waals surface area contributed by atoms with Crippen LogP contribution in [0.2, 0.25) is 0 Å². The van der Waals surface area contributed by atoms with Crippen molar-refractivity contribution < 1.29 is 27.8 Å². The summed E-state index contributed by atoms with van der Waals surface area (Å²) in [6, 6.07) is 2.16. The largest absolute Gasteiger partial charge is 0.467 e. The third-order valence-electron chi connectivity index (χ3n) is 3.57. The molecule has 1 heterocycles. The zero-order valence-electron chi connectivity index (χ0n) is 13.7. The maximum absolute atomic E-state index is 13.6. The van der Waals surface area contributed by atoms with E-state index in [4.69, 9.17) is 9.47 Å². The van der Waals surface area contributed by atoms with Crippen LogP contribution in [-0.4, -0.2) is 36.5 Å². The molecule has 1 amide bonds. The van der Waals surface area contributed by atoms with Gasteiger partial charge in [-0.3, -0.25) is 4.79 Å². The lowest BCUT2D eigenvalue weighted by atomic mass is 10.0. The predicted octanol–water partition coefficient (Wildman–Crippen LogP) is 2.66. The van der Waals surface area contributed by atoms with Gasteiger partial charge in [0.1, 0.15) is 17.6 Å². The minimum Gasteiger partial charge on any atom is -0.467 e. The number of benzene rings is 1. The summed E-state index contributed by atoms with van der Waals surface area (Å²) in [5, 5.41) is 0. The molecule has 0 spiro atoms. The number of rotatable bonds is 6. The first-order valence-corrected chi connectivity index (χ1v) is 7.53. The molecule has 0 fully saturated rings. The number of amides is 1. The highest BCUT2D eigenvalue weighted by Gasteiger charge is 2.35. The Kier molecular flexibility index (Phi) is 5.54. The Labute approximate surface area is 138 Å². The SMILES string of the molecule is COC(=O)[C@H](CC(C)C)N1CC(Oc2ccc(F)cc2F)=CC1=O. The number of halogens is 2. The summed E-state index contributed by atoms with van der Waals surface area (Å²) in [6.07, 6.45) is 1.63. The monoisotopic (exact) mass is 339 g/mol. The second-order valence-electron chi connectivity index (χ2n) is 5.92. The van der Waals surface area contributed by atoms with Crippen LogP contribution in [0, 0.1) is 17.6 Å². The summed E-state index contributed by atoms with van der Waals surface area (Å²) in [5.74, 6) is -2.35. The van der Waals surface area contributed by atoms with Gasteiger partial charge in [0.05, 0.1) is 13.7 Å². The van der Waals surface area contributed by atoms with Gasteiger partial charge in [0.25, 0.3) is 5.91 Å². The van der Waals surface area contributed by atoms with Crippen LogP contribution in [0.1, 0.15) is 20.3 Å². The number of ether oxygens (including phenoxy) is 2. The molecule has 0 saturated heterocycles. The fourth-order valence-corrected chi connectivity index (χ4v) is 2.47. The van der Waals surface area contributed by atoms with Crippen LogP contribution in [-0.2, 0) is 14.3 Å². The Morgan fingerprint density at radius 3 is 2.62 bits per heavy atom. The average molecular weight is 339 g/mol. The minimum atomic E-state index is -0.867. The van der Waals surface area contributed by atoms with Crippen molar-refractivity contribution >= 4 is 11.9 Å². The minimum absolute atomic E-state index is 0.0160. The summed E-state index contributed by atoms with van der Waals surface area (Å²) < 4.78 is 36.7. The quantitative estimate of drug-likeness (QED) is 0.748. The van der Waals surface area contributed by atoms with E-state index >= 15 is 0 Å². The fourth-order valence-electron chi connectivity index (χ4n) is 2.47. The Morgan fingerprint density at radius 2 is 2.04 bits per heavy atom. The van der Waals surface area contributed by atoms with Gasteiger partial charge in [-0.2, -0.15) is 0 Å². The maximum Gasteiger partial charge on any atom is 0.328 e. The van der Waals surface area contributed by atoms with E-state index in [1.807, 2.05) is 13.8 Å². The van der Waals surface area contributed by atoms with Gasteiger partial charge in [0, 0.05) is 12.1 Å². The van der Waals surface area contributed by atoms with Crippen molar-refractivity contribution in [2.24, 2.45) is 5.92 Å². The molecule has 1 aliphatic heterocycles. The van der Waals surface area contributed by atoms with Gasteiger partial charge >= 0.3 is 5.97 Å². The van der Waals surface area contributed by atoms with Crippen molar-refractivity contribution in [2.75, 3.05) is 13.7 Å². The lowest BCUT2D eigenvalue weighted by Gasteiger charge is -2.27. The Balaban J connectivity index is 2.13. The van der Waals surface area contributed by atoms with E-state index in [1.54, 1.807) is 0 Å². The van der Waals surface area contributed by atoms with Crippen LogP contribution in [0.3, 0.4) is 0 Å². The number of hydrogen-bond donors (Lipinski definition) is 0. The summed E-state index contributed by atoms with van der Waals surface area (Å²) in [7, 11) is 1.26. The second-order valence-corrected chi connectivity index (χ2v) is 5.92. The molecule has 0 saturated carbocycles. The smallest absolute Gasteiger partial charge is 0.328 e. The number of carbonyl (C=O) groups is 2.